The number of esters is 1. The zero-order valence-corrected chi connectivity index (χ0v) is 40.5. The summed E-state index contributed by atoms with van der Waals surface area (Å²) in [6, 6.07) is -0.745. The van der Waals surface area contributed by atoms with E-state index in [1.54, 1.807) is 0 Å². The lowest BCUT2D eigenvalue weighted by molar-refractivity contribution is -0.498. The molecule has 0 heterocycles. The van der Waals surface area contributed by atoms with Crippen LogP contribution >= 0.6 is 0 Å². The number of ether oxygens (including phenoxy) is 1. The van der Waals surface area contributed by atoms with Crippen LogP contribution in [0.5, 0.6) is 0 Å². The smallest absolute Gasteiger partial charge is 0.445 e. The summed E-state index contributed by atoms with van der Waals surface area (Å²) in [5.74, 6) is -232. The minimum atomic E-state index is -11.0. The van der Waals surface area contributed by atoms with Gasteiger partial charge >= 0.3 is 142 Å². The standard InChI is InChI=1S/C36H10F47N3O5/c1-7-11(9(13(90)86-6-91-8(2)89)3-10(84-4-87)12(7)85-5-88)14(37,38)15(39,40)16(41,42)17(43,44)18(45,46)19(47,48)20(49,50)21(51,52)22(53,54)23(55,56)24(57,58)25(59,60)26(61,62)27(63,64)28(65,66)29(67,68)30(69,70)31(71,72)32(73,74)33(75,76)34(77,78)35(79,80)36(81,82)83/h3H,6H2,1-2H3,(H,86,90). The fourth-order valence-electron chi connectivity index (χ4n) is 6.27. The number of alkyl halides is 47. The molecule has 1 rings (SSSR count). The number of carbonyl (C=O) groups is 2. The number of amides is 1. The largest absolute Gasteiger partial charge is 0.460 e. The molecular formula is C36H10F47N3O5. The van der Waals surface area contributed by atoms with Gasteiger partial charge in [-0.3, -0.25) is 9.59 Å². The minimum Gasteiger partial charge on any atom is -0.445 e. The van der Waals surface area contributed by atoms with E-state index in [0.29, 0.717) is 13.0 Å². The number of isocyanates is 2. The Hall–Kier alpha value is -6.37. The fraction of sp³-hybridized carbons (Fsp3) is 0.722. The molecule has 0 aromatic heterocycles. The van der Waals surface area contributed by atoms with Gasteiger partial charge in [-0.2, -0.15) is 216 Å². The SMILES string of the molecule is CC(=O)OCNC(=O)c1cc(N=C=O)c(N=C=O)c(C)c1C(F)(F)C(F)(F)C(F)(F)C(F)(F)C(F)(F)C(F)(F)C(F)(F)C(F)(F)C(F)(F)C(F)(F)C(F)(F)C(F)(F)C(F)(F)C(F)(F)C(F)(F)C(F)(F)C(F)(F)C(F)(F)C(F)(F)C(F)(F)C(F)(F)C(F)(F)C(F)(F)F. The minimum absolute atomic E-state index is 0.220. The molecule has 0 aliphatic carbocycles. The van der Waals surface area contributed by atoms with Crippen LogP contribution in [0, 0.1) is 6.92 Å². The molecule has 0 spiro atoms. The summed E-state index contributed by atoms with van der Waals surface area (Å²) < 4.78 is 673. The molecule has 528 valence electrons. The van der Waals surface area contributed by atoms with E-state index in [0.717, 1.165) is 5.32 Å². The van der Waals surface area contributed by atoms with Gasteiger partial charge in [0.1, 0.15) is 11.4 Å². The first-order chi connectivity index (χ1) is 39.1. The summed E-state index contributed by atoms with van der Waals surface area (Å²) in [6.45, 7) is -1.84. The number of hydrogen-bond donors (Lipinski definition) is 1. The van der Waals surface area contributed by atoms with Crippen molar-refractivity contribution in [1.29, 1.82) is 0 Å². The van der Waals surface area contributed by atoms with Gasteiger partial charge < -0.3 is 10.1 Å². The summed E-state index contributed by atoms with van der Waals surface area (Å²) in [4.78, 5) is 50.0. The van der Waals surface area contributed by atoms with Gasteiger partial charge in [-0.1, -0.05) is 0 Å². The number of halogens is 47. The van der Waals surface area contributed by atoms with Crippen LogP contribution in [0.4, 0.5) is 218 Å². The van der Waals surface area contributed by atoms with E-state index in [4.69, 9.17) is 0 Å². The Morgan fingerprint density at radius 1 is 0.363 bits per heavy atom. The monoisotopic (exact) mass is 1460 g/mol. The quantitative estimate of drug-likeness (QED) is 0.0310. The number of rotatable bonds is 27. The average Bonchev–Trinajstić information content (AvgIpc) is 0.685. The maximum absolute atomic E-state index is 15.7. The van der Waals surface area contributed by atoms with Crippen LogP contribution in [0.1, 0.15) is 28.4 Å². The maximum atomic E-state index is 15.7. The summed E-state index contributed by atoms with van der Waals surface area (Å²) in [7, 11) is 0. The van der Waals surface area contributed by atoms with E-state index in [1.807, 2.05) is 0 Å². The molecule has 1 amide bonds. The fourth-order valence-corrected chi connectivity index (χ4v) is 6.27. The summed E-state index contributed by atoms with van der Waals surface area (Å²) >= 11 is 0. The molecule has 1 aromatic rings. The summed E-state index contributed by atoms with van der Waals surface area (Å²) in [5.41, 5.74) is -12.6. The van der Waals surface area contributed by atoms with Crippen LogP contribution in [-0.2, 0) is 25.0 Å². The van der Waals surface area contributed by atoms with Gasteiger partial charge in [0.25, 0.3) is 5.91 Å². The molecule has 91 heavy (non-hydrogen) atoms. The van der Waals surface area contributed by atoms with Gasteiger partial charge in [0.05, 0.1) is 5.56 Å². The van der Waals surface area contributed by atoms with Gasteiger partial charge in [-0.15, -0.1) is 0 Å². The topological polar surface area (TPSA) is 114 Å². The Balaban J connectivity index is 4.37. The molecular weight excluding hydrogens is 1450 g/mol. The average molecular weight is 1460 g/mol. The number of nitrogens with zero attached hydrogens (tertiary/aromatic N) is 2. The van der Waals surface area contributed by atoms with Crippen molar-refractivity contribution in [2.45, 2.75) is 150 Å². The number of hydrogen-bond acceptors (Lipinski definition) is 7. The predicted octanol–water partition coefficient (Wildman–Crippen LogP) is 16.2. The molecule has 0 bridgehead atoms. The normalized spacial score (nSPS) is 15.9. The first kappa shape index (κ1) is 82.6. The molecule has 0 aliphatic heterocycles. The van der Waals surface area contributed by atoms with E-state index in [1.165, 1.54) is 0 Å². The highest BCUT2D eigenvalue weighted by Gasteiger charge is 3.04. The lowest BCUT2D eigenvalue weighted by Gasteiger charge is -2.47. The number of aliphatic imine (C=N–C) groups is 2. The van der Waals surface area contributed by atoms with Crippen molar-refractivity contribution in [3.8, 4) is 0 Å². The van der Waals surface area contributed by atoms with Crippen LogP contribution in [-0.4, -0.2) is 161 Å². The lowest BCUT2D eigenvalue weighted by Crippen LogP contribution is -2.81. The van der Waals surface area contributed by atoms with Crippen molar-refractivity contribution in [2.24, 2.45) is 9.98 Å². The molecule has 1 aromatic carbocycles. The Bertz CT molecular complexity index is 3030. The van der Waals surface area contributed by atoms with Crippen molar-refractivity contribution >= 4 is 35.4 Å². The third-order valence-electron chi connectivity index (χ3n) is 11.6. The van der Waals surface area contributed by atoms with Crippen LogP contribution in [0.25, 0.3) is 0 Å². The molecule has 0 fully saturated rings. The van der Waals surface area contributed by atoms with E-state index in [-0.39, 0.29) is 6.08 Å². The second kappa shape index (κ2) is 22.1. The molecule has 55 heteroatoms. The van der Waals surface area contributed by atoms with Gasteiger partial charge in [-0.05, 0) is 18.6 Å². The van der Waals surface area contributed by atoms with Crippen molar-refractivity contribution in [1.82, 2.24) is 5.32 Å². The van der Waals surface area contributed by atoms with Gasteiger partial charge in [0.2, 0.25) is 12.2 Å². The van der Waals surface area contributed by atoms with Gasteiger partial charge in [0.15, 0.2) is 6.73 Å². The van der Waals surface area contributed by atoms with E-state index >= 15 is 26.3 Å². The number of nitrogens with one attached hydrogen (secondary N) is 1. The van der Waals surface area contributed by atoms with Crippen LogP contribution in [0.2, 0.25) is 0 Å². The van der Waals surface area contributed by atoms with Crippen molar-refractivity contribution in [3.63, 3.8) is 0 Å². The predicted molar refractivity (Wildman–Crippen MR) is 185 cm³/mol. The third kappa shape index (κ3) is 10.2. The second-order valence-electron chi connectivity index (χ2n) is 17.1. The number of carbonyl (C=O) groups excluding carboxylic acids is 4. The second-order valence-corrected chi connectivity index (χ2v) is 17.1. The Morgan fingerprint density at radius 2 is 0.571 bits per heavy atom. The summed E-state index contributed by atoms with van der Waals surface area (Å²) in [6.07, 6.45) is -8.05. The molecule has 1 N–H and O–H groups in total. The molecule has 0 aliphatic rings. The van der Waals surface area contributed by atoms with Gasteiger partial charge in [-0.25, -0.2) is 9.59 Å². The molecule has 8 nitrogen and oxygen atoms in total. The Kier molecular flexibility index (Phi) is 20.1. The maximum Gasteiger partial charge on any atom is 0.460 e. The molecule has 0 saturated heterocycles. The van der Waals surface area contributed by atoms with Crippen molar-refractivity contribution < 1.29 is 230 Å². The van der Waals surface area contributed by atoms with Crippen molar-refractivity contribution in [2.75, 3.05) is 6.73 Å². The third-order valence-corrected chi connectivity index (χ3v) is 11.6. The van der Waals surface area contributed by atoms with Crippen molar-refractivity contribution in [3.05, 3.63) is 22.8 Å². The van der Waals surface area contributed by atoms with E-state index < -0.39 is 196 Å². The molecule has 0 unspecified atom stereocenters. The first-order valence-electron chi connectivity index (χ1n) is 20.3. The van der Waals surface area contributed by atoms with E-state index in [9.17, 15) is 199 Å². The zero-order valence-electron chi connectivity index (χ0n) is 40.5. The number of benzene rings is 1. The van der Waals surface area contributed by atoms with Crippen LogP contribution < -0.4 is 5.32 Å². The molecule has 0 radical (unpaired) electrons. The Labute approximate surface area is 461 Å². The van der Waals surface area contributed by atoms with Gasteiger partial charge in [0, 0.05) is 12.5 Å². The summed E-state index contributed by atoms with van der Waals surface area (Å²) in [5, 5.41) is 0.985. The first-order valence-corrected chi connectivity index (χ1v) is 20.3. The highest BCUT2D eigenvalue weighted by molar-refractivity contribution is 5.99. The van der Waals surface area contributed by atoms with E-state index in [2.05, 4.69) is 14.7 Å². The molecule has 0 saturated carbocycles. The Morgan fingerprint density at radius 3 is 0.769 bits per heavy atom. The highest BCUT2D eigenvalue weighted by Crippen LogP contribution is 2.73. The highest BCUT2D eigenvalue weighted by atomic mass is 19.4. The van der Waals surface area contributed by atoms with Crippen LogP contribution in [0.3, 0.4) is 0 Å². The lowest BCUT2D eigenvalue weighted by atomic mass is 9.81. The van der Waals surface area contributed by atoms with Crippen LogP contribution in [0.15, 0.2) is 16.1 Å². The molecule has 0 atom stereocenters. The zero-order chi connectivity index (χ0) is 74.2.